The SMILES string of the molecule is COc1cccc(NC(=O)CCC2CCN(C(=O)c3cc[nH]c3)CC2)c1. The largest absolute Gasteiger partial charge is 0.497 e. The minimum Gasteiger partial charge on any atom is -0.497 e. The zero-order chi connectivity index (χ0) is 18.4. The van der Waals surface area contributed by atoms with Crippen molar-refractivity contribution in [1.82, 2.24) is 9.88 Å². The number of H-pyrrole nitrogens is 1. The van der Waals surface area contributed by atoms with Crippen LogP contribution in [0.2, 0.25) is 0 Å². The summed E-state index contributed by atoms with van der Waals surface area (Å²) in [6, 6.07) is 9.16. The van der Waals surface area contributed by atoms with E-state index in [2.05, 4.69) is 10.3 Å². The van der Waals surface area contributed by atoms with Gasteiger partial charge in [-0.25, -0.2) is 0 Å². The number of nitrogens with zero attached hydrogens (tertiary/aromatic N) is 1. The number of carbonyl (C=O) groups excluding carboxylic acids is 2. The highest BCUT2D eigenvalue weighted by atomic mass is 16.5. The van der Waals surface area contributed by atoms with Crippen LogP contribution in [-0.4, -0.2) is 41.9 Å². The summed E-state index contributed by atoms with van der Waals surface area (Å²) in [5.41, 5.74) is 1.46. The molecule has 6 nitrogen and oxygen atoms in total. The maximum absolute atomic E-state index is 12.3. The van der Waals surface area contributed by atoms with Gasteiger partial charge in [-0.1, -0.05) is 6.07 Å². The molecule has 0 atom stereocenters. The van der Waals surface area contributed by atoms with Crippen LogP contribution in [0, 0.1) is 5.92 Å². The molecule has 0 radical (unpaired) electrons. The molecule has 6 heteroatoms. The van der Waals surface area contributed by atoms with Gasteiger partial charge in [-0.05, 0) is 43.4 Å². The Bertz CT molecular complexity index is 735. The number of piperidine rings is 1. The zero-order valence-corrected chi connectivity index (χ0v) is 15.0. The average Bonchev–Trinajstić information content (AvgIpc) is 3.21. The van der Waals surface area contributed by atoms with E-state index < -0.39 is 0 Å². The van der Waals surface area contributed by atoms with Gasteiger partial charge >= 0.3 is 0 Å². The smallest absolute Gasteiger partial charge is 0.255 e. The molecule has 1 fully saturated rings. The standard InChI is InChI=1S/C20H25N3O3/c1-26-18-4-2-3-17(13-18)22-19(24)6-5-15-8-11-23(12-9-15)20(25)16-7-10-21-14-16/h2-4,7,10,13-15,21H,5-6,8-9,11-12H2,1H3,(H,22,24). The van der Waals surface area contributed by atoms with Crippen LogP contribution in [0.4, 0.5) is 5.69 Å². The number of likely N-dealkylation sites (tertiary alicyclic amines) is 1. The normalized spacial score (nSPS) is 14.9. The van der Waals surface area contributed by atoms with E-state index in [4.69, 9.17) is 4.74 Å². The Morgan fingerprint density at radius 1 is 1.27 bits per heavy atom. The average molecular weight is 355 g/mol. The molecule has 2 heterocycles. The summed E-state index contributed by atoms with van der Waals surface area (Å²) in [6.45, 7) is 1.51. The number of carbonyl (C=O) groups is 2. The lowest BCUT2D eigenvalue weighted by Crippen LogP contribution is -2.38. The van der Waals surface area contributed by atoms with Gasteiger partial charge in [0.2, 0.25) is 5.91 Å². The third-order valence-corrected chi connectivity index (χ3v) is 4.88. The molecule has 2 amide bonds. The number of aromatic nitrogens is 1. The summed E-state index contributed by atoms with van der Waals surface area (Å²) >= 11 is 0. The van der Waals surface area contributed by atoms with E-state index in [1.807, 2.05) is 29.2 Å². The third-order valence-electron chi connectivity index (χ3n) is 4.88. The molecule has 138 valence electrons. The van der Waals surface area contributed by atoms with Gasteiger partial charge in [-0.3, -0.25) is 9.59 Å². The monoisotopic (exact) mass is 355 g/mol. The predicted octanol–water partition coefficient (Wildman–Crippen LogP) is 3.29. The molecule has 1 aliphatic heterocycles. The maximum Gasteiger partial charge on any atom is 0.255 e. The molecule has 0 spiro atoms. The molecule has 1 aliphatic rings. The highest BCUT2D eigenvalue weighted by molar-refractivity contribution is 5.94. The fourth-order valence-corrected chi connectivity index (χ4v) is 3.32. The predicted molar refractivity (Wildman–Crippen MR) is 100 cm³/mol. The number of amides is 2. The number of benzene rings is 1. The van der Waals surface area contributed by atoms with Crippen molar-refractivity contribution < 1.29 is 14.3 Å². The second kappa shape index (κ2) is 8.56. The van der Waals surface area contributed by atoms with Gasteiger partial charge in [-0.2, -0.15) is 0 Å². The van der Waals surface area contributed by atoms with Crippen molar-refractivity contribution in [2.75, 3.05) is 25.5 Å². The molecule has 3 rings (SSSR count). The Hall–Kier alpha value is -2.76. The lowest BCUT2D eigenvalue weighted by atomic mass is 9.92. The van der Waals surface area contributed by atoms with E-state index in [0.717, 1.165) is 43.8 Å². The number of hydrogen-bond donors (Lipinski definition) is 2. The summed E-state index contributed by atoms with van der Waals surface area (Å²) in [5, 5.41) is 2.91. The van der Waals surface area contributed by atoms with Crippen molar-refractivity contribution in [3.05, 3.63) is 48.3 Å². The van der Waals surface area contributed by atoms with Gasteiger partial charge in [0.15, 0.2) is 0 Å². The number of nitrogens with one attached hydrogen (secondary N) is 2. The number of methoxy groups -OCH3 is 1. The van der Waals surface area contributed by atoms with Gasteiger partial charge in [0.1, 0.15) is 5.75 Å². The Labute approximate surface area is 153 Å². The molecular weight excluding hydrogens is 330 g/mol. The van der Waals surface area contributed by atoms with Gasteiger partial charge in [0, 0.05) is 43.7 Å². The minimum atomic E-state index is 0.0177. The van der Waals surface area contributed by atoms with Crippen molar-refractivity contribution in [1.29, 1.82) is 0 Å². The molecule has 0 bridgehead atoms. The van der Waals surface area contributed by atoms with E-state index in [-0.39, 0.29) is 11.8 Å². The van der Waals surface area contributed by atoms with Crippen molar-refractivity contribution in [3.63, 3.8) is 0 Å². The van der Waals surface area contributed by atoms with Crippen molar-refractivity contribution in [3.8, 4) is 5.75 Å². The van der Waals surface area contributed by atoms with Crippen molar-refractivity contribution in [2.24, 2.45) is 5.92 Å². The van der Waals surface area contributed by atoms with Crippen molar-refractivity contribution >= 4 is 17.5 Å². The van der Waals surface area contributed by atoms with Crippen LogP contribution in [0.1, 0.15) is 36.0 Å². The number of anilines is 1. The first-order chi connectivity index (χ1) is 12.7. The molecule has 1 saturated heterocycles. The molecule has 26 heavy (non-hydrogen) atoms. The number of rotatable bonds is 6. The molecule has 2 N–H and O–H groups in total. The van der Waals surface area contributed by atoms with Crippen molar-refractivity contribution in [2.45, 2.75) is 25.7 Å². The van der Waals surface area contributed by atoms with Crippen LogP contribution in [0.5, 0.6) is 5.75 Å². The van der Waals surface area contributed by atoms with Crippen LogP contribution in [0.25, 0.3) is 0 Å². The first-order valence-corrected chi connectivity index (χ1v) is 9.01. The lowest BCUT2D eigenvalue weighted by Gasteiger charge is -2.31. The number of hydrogen-bond acceptors (Lipinski definition) is 3. The molecule has 0 aliphatic carbocycles. The first kappa shape index (κ1) is 18.0. The molecular formula is C20H25N3O3. The summed E-state index contributed by atoms with van der Waals surface area (Å²) in [7, 11) is 1.61. The van der Waals surface area contributed by atoms with Gasteiger partial charge in [-0.15, -0.1) is 0 Å². The summed E-state index contributed by atoms with van der Waals surface area (Å²) in [5.74, 6) is 1.31. The number of aromatic amines is 1. The molecule has 0 unspecified atom stereocenters. The second-order valence-electron chi connectivity index (χ2n) is 6.65. The maximum atomic E-state index is 12.3. The lowest BCUT2D eigenvalue weighted by molar-refractivity contribution is -0.116. The topological polar surface area (TPSA) is 74.4 Å². The van der Waals surface area contributed by atoms with E-state index in [0.29, 0.717) is 17.9 Å². The quantitative estimate of drug-likeness (QED) is 0.835. The Morgan fingerprint density at radius 2 is 2.08 bits per heavy atom. The van der Waals surface area contributed by atoms with Gasteiger partial charge in [0.05, 0.1) is 12.7 Å². The van der Waals surface area contributed by atoms with Crippen LogP contribution in [-0.2, 0) is 4.79 Å². The van der Waals surface area contributed by atoms with E-state index in [1.165, 1.54) is 0 Å². The molecule has 2 aromatic rings. The van der Waals surface area contributed by atoms with Crippen LogP contribution in [0.15, 0.2) is 42.7 Å². The highest BCUT2D eigenvalue weighted by Gasteiger charge is 2.24. The second-order valence-corrected chi connectivity index (χ2v) is 6.65. The van der Waals surface area contributed by atoms with E-state index in [1.54, 1.807) is 25.6 Å². The van der Waals surface area contributed by atoms with Crippen LogP contribution < -0.4 is 10.1 Å². The fourth-order valence-electron chi connectivity index (χ4n) is 3.32. The molecule has 1 aromatic carbocycles. The Balaban J connectivity index is 1.40. The Kier molecular flexibility index (Phi) is 5.94. The van der Waals surface area contributed by atoms with Gasteiger partial charge in [0.25, 0.3) is 5.91 Å². The Morgan fingerprint density at radius 3 is 2.77 bits per heavy atom. The molecule has 1 aromatic heterocycles. The summed E-state index contributed by atoms with van der Waals surface area (Å²) in [4.78, 5) is 29.3. The van der Waals surface area contributed by atoms with Crippen LogP contribution in [0.3, 0.4) is 0 Å². The molecule has 0 saturated carbocycles. The fraction of sp³-hybridized carbons (Fsp3) is 0.400. The van der Waals surface area contributed by atoms with Gasteiger partial charge < -0.3 is 19.9 Å². The first-order valence-electron chi connectivity index (χ1n) is 9.01. The zero-order valence-electron chi connectivity index (χ0n) is 15.0. The van der Waals surface area contributed by atoms with E-state index in [9.17, 15) is 9.59 Å². The summed E-state index contributed by atoms with van der Waals surface area (Å²) in [6.07, 6.45) is 6.74. The highest BCUT2D eigenvalue weighted by Crippen LogP contribution is 2.24. The number of ether oxygens (including phenoxy) is 1. The summed E-state index contributed by atoms with van der Waals surface area (Å²) < 4.78 is 5.16. The third kappa shape index (κ3) is 4.65. The van der Waals surface area contributed by atoms with E-state index >= 15 is 0 Å². The minimum absolute atomic E-state index is 0.0177. The van der Waals surface area contributed by atoms with Crippen LogP contribution >= 0.6 is 0 Å².